The summed E-state index contributed by atoms with van der Waals surface area (Å²) < 4.78 is 5.71. The van der Waals surface area contributed by atoms with Crippen LogP contribution in [0.3, 0.4) is 0 Å². The number of nitrogens with one attached hydrogen (secondary N) is 1. The zero-order valence-corrected chi connectivity index (χ0v) is 17.4. The second kappa shape index (κ2) is 7.68. The number of anilines is 1. The van der Waals surface area contributed by atoms with Crippen LogP contribution >= 0.6 is 11.6 Å². The zero-order chi connectivity index (χ0) is 20.6. The summed E-state index contributed by atoms with van der Waals surface area (Å²) in [5.41, 5.74) is 5.20. The fourth-order valence-electron chi connectivity index (χ4n) is 3.41. The normalized spacial score (nSPS) is 10.9. The SMILES string of the molecule is Cc1cc(C)c(NC(=O)CN(C)C(=O)c2oc3ccc(Cl)cc3c2C)c(C)c1. The van der Waals surface area contributed by atoms with Gasteiger partial charge in [0.15, 0.2) is 5.76 Å². The molecule has 0 aliphatic rings. The summed E-state index contributed by atoms with van der Waals surface area (Å²) in [6.45, 7) is 7.65. The molecule has 6 heteroatoms. The van der Waals surface area contributed by atoms with Crippen molar-refractivity contribution in [1.82, 2.24) is 4.90 Å². The number of aryl methyl sites for hydroxylation is 4. The lowest BCUT2D eigenvalue weighted by Gasteiger charge is -2.18. The maximum absolute atomic E-state index is 12.8. The van der Waals surface area contributed by atoms with E-state index in [1.54, 1.807) is 25.2 Å². The monoisotopic (exact) mass is 398 g/mol. The quantitative estimate of drug-likeness (QED) is 0.670. The lowest BCUT2D eigenvalue weighted by Crippen LogP contribution is -2.35. The average molecular weight is 399 g/mol. The number of halogens is 1. The molecule has 146 valence electrons. The van der Waals surface area contributed by atoms with Crippen LogP contribution in [0, 0.1) is 27.7 Å². The van der Waals surface area contributed by atoms with E-state index >= 15 is 0 Å². The van der Waals surface area contributed by atoms with Crippen molar-refractivity contribution in [3.63, 3.8) is 0 Å². The molecule has 0 radical (unpaired) electrons. The van der Waals surface area contributed by atoms with Gasteiger partial charge in [-0.05, 0) is 57.0 Å². The van der Waals surface area contributed by atoms with E-state index in [1.807, 2.05) is 39.8 Å². The molecule has 3 rings (SSSR count). The molecule has 0 saturated heterocycles. The lowest BCUT2D eigenvalue weighted by atomic mass is 10.1. The molecule has 28 heavy (non-hydrogen) atoms. The summed E-state index contributed by atoms with van der Waals surface area (Å²) in [5.74, 6) is -0.393. The number of carbonyl (C=O) groups excluding carboxylic acids is 2. The third-order valence-electron chi connectivity index (χ3n) is 4.76. The smallest absolute Gasteiger partial charge is 0.290 e. The molecule has 2 aromatic carbocycles. The number of hydrogen-bond donors (Lipinski definition) is 1. The van der Waals surface area contributed by atoms with Gasteiger partial charge >= 0.3 is 0 Å². The van der Waals surface area contributed by atoms with Gasteiger partial charge in [-0.25, -0.2) is 0 Å². The summed E-state index contributed by atoms with van der Waals surface area (Å²) in [6.07, 6.45) is 0. The number of fused-ring (bicyclic) bond motifs is 1. The van der Waals surface area contributed by atoms with Crippen LogP contribution in [-0.4, -0.2) is 30.3 Å². The highest BCUT2D eigenvalue weighted by Gasteiger charge is 2.23. The number of nitrogens with zero attached hydrogens (tertiary/aromatic N) is 1. The number of rotatable bonds is 4. The largest absolute Gasteiger partial charge is 0.451 e. The summed E-state index contributed by atoms with van der Waals surface area (Å²) >= 11 is 6.03. The van der Waals surface area contributed by atoms with Gasteiger partial charge in [0.1, 0.15) is 5.58 Å². The first-order valence-corrected chi connectivity index (χ1v) is 9.37. The van der Waals surface area contributed by atoms with E-state index < -0.39 is 0 Å². The van der Waals surface area contributed by atoms with Crippen molar-refractivity contribution in [3.05, 3.63) is 63.4 Å². The molecule has 1 heterocycles. The first-order chi connectivity index (χ1) is 13.2. The van der Waals surface area contributed by atoms with Crippen molar-refractivity contribution < 1.29 is 14.0 Å². The van der Waals surface area contributed by atoms with Crippen LogP contribution < -0.4 is 5.32 Å². The lowest BCUT2D eigenvalue weighted by molar-refractivity contribution is -0.116. The number of hydrogen-bond acceptors (Lipinski definition) is 3. The number of likely N-dealkylation sites (N-methyl/N-ethyl adjacent to an activating group) is 1. The van der Waals surface area contributed by atoms with Gasteiger partial charge in [0.2, 0.25) is 5.91 Å². The summed E-state index contributed by atoms with van der Waals surface area (Å²) in [4.78, 5) is 26.7. The molecule has 0 aliphatic carbocycles. The molecule has 0 aliphatic heterocycles. The maximum Gasteiger partial charge on any atom is 0.290 e. The Balaban J connectivity index is 1.76. The van der Waals surface area contributed by atoms with Crippen molar-refractivity contribution in [2.24, 2.45) is 0 Å². The molecule has 5 nitrogen and oxygen atoms in total. The van der Waals surface area contributed by atoms with Gasteiger partial charge in [0.05, 0.1) is 6.54 Å². The Hall–Kier alpha value is -2.79. The van der Waals surface area contributed by atoms with Gasteiger partial charge in [0.25, 0.3) is 5.91 Å². The number of benzene rings is 2. The molecule has 0 saturated carbocycles. The van der Waals surface area contributed by atoms with E-state index in [9.17, 15) is 9.59 Å². The highest BCUT2D eigenvalue weighted by molar-refractivity contribution is 6.31. The highest BCUT2D eigenvalue weighted by Crippen LogP contribution is 2.28. The average Bonchev–Trinajstić information content (AvgIpc) is 2.93. The van der Waals surface area contributed by atoms with Crippen LogP contribution in [0.5, 0.6) is 0 Å². The molecule has 0 atom stereocenters. The molecule has 1 aromatic heterocycles. The minimum atomic E-state index is -0.350. The van der Waals surface area contributed by atoms with Gasteiger partial charge in [0, 0.05) is 28.7 Å². The standard InChI is InChI=1S/C22H23ClN2O3/c1-12-8-13(2)20(14(3)9-12)24-19(26)11-25(5)22(27)21-15(4)17-10-16(23)6-7-18(17)28-21/h6-10H,11H2,1-5H3,(H,24,26). The van der Waals surface area contributed by atoms with Crippen LogP contribution in [0.25, 0.3) is 11.0 Å². The molecule has 1 N–H and O–H groups in total. The van der Waals surface area contributed by atoms with Crippen LogP contribution in [0.2, 0.25) is 5.02 Å². The van der Waals surface area contributed by atoms with Crippen molar-refractivity contribution in [2.45, 2.75) is 27.7 Å². The molecule has 0 bridgehead atoms. The molecule has 0 unspecified atom stereocenters. The third kappa shape index (κ3) is 3.90. The summed E-state index contributed by atoms with van der Waals surface area (Å²) in [6, 6.07) is 9.24. The summed E-state index contributed by atoms with van der Waals surface area (Å²) in [7, 11) is 1.58. The maximum atomic E-state index is 12.8. The number of furan rings is 1. The molecular weight excluding hydrogens is 376 g/mol. The van der Waals surface area contributed by atoms with E-state index in [2.05, 4.69) is 5.32 Å². The first kappa shape index (κ1) is 20.0. The fraction of sp³-hybridized carbons (Fsp3) is 0.273. The Morgan fingerprint density at radius 1 is 1.07 bits per heavy atom. The highest BCUT2D eigenvalue weighted by atomic mass is 35.5. The van der Waals surface area contributed by atoms with E-state index in [-0.39, 0.29) is 24.1 Å². The van der Waals surface area contributed by atoms with Crippen LogP contribution in [0.4, 0.5) is 5.69 Å². The van der Waals surface area contributed by atoms with Crippen LogP contribution in [0.1, 0.15) is 32.8 Å². The van der Waals surface area contributed by atoms with Crippen molar-refractivity contribution >= 4 is 40.1 Å². The Morgan fingerprint density at radius 3 is 2.36 bits per heavy atom. The molecule has 2 amide bonds. The van der Waals surface area contributed by atoms with E-state index in [1.165, 1.54) is 4.90 Å². The third-order valence-corrected chi connectivity index (χ3v) is 5.00. The van der Waals surface area contributed by atoms with Gasteiger partial charge in [-0.3, -0.25) is 9.59 Å². The molecule has 3 aromatic rings. The van der Waals surface area contributed by atoms with Crippen molar-refractivity contribution in [1.29, 1.82) is 0 Å². The summed E-state index contributed by atoms with van der Waals surface area (Å²) in [5, 5.41) is 4.28. The Morgan fingerprint density at radius 2 is 1.71 bits per heavy atom. The van der Waals surface area contributed by atoms with Gasteiger partial charge in [-0.2, -0.15) is 0 Å². The van der Waals surface area contributed by atoms with Gasteiger partial charge < -0.3 is 14.6 Å². The van der Waals surface area contributed by atoms with Gasteiger partial charge in [-0.1, -0.05) is 29.3 Å². The predicted octanol–water partition coefficient (Wildman–Crippen LogP) is 5.03. The second-order valence-electron chi connectivity index (χ2n) is 7.18. The zero-order valence-electron chi connectivity index (χ0n) is 16.6. The topological polar surface area (TPSA) is 62.6 Å². The van der Waals surface area contributed by atoms with Gasteiger partial charge in [-0.15, -0.1) is 0 Å². The van der Waals surface area contributed by atoms with E-state index in [0.29, 0.717) is 16.2 Å². The predicted molar refractivity (Wildman–Crippen MR) is 112 cm³/mol. The second-order valence-corrected chi connectivity index (χ2v) is 7.62. The molecule has 0 spiro atoms. The van der Waals surface area contributed by atoms with Crippen molar-refractivity contribution in [2.75, 3.05) is 18.9 Å². The minimum Gasteiger partial charge on any atom is -0.451 e. The van der Waals surface area contributed by atoms with E-state index in [0.717, 1.165) is 27.8 Å². The Labute approximate surface area is 169 Å². The number of amides is 2. The minimum absolute atomic E-state index is 0.0805. The van der Waals surface area contributed by atoms with Crippen molar-refractivity contribution in [3.8, 4) is 0 Å². The van der Waals surface area contributed by atoms with E-state index in [4.69, 9.17) is 16.0 Å². The Kier molecular flexibility index (Phi) is 5.47. The van der Waals surface area contributed by atoms with Crippen LogP contribution in [0.15, 0.2) is 34.7 Å². The fourth-order valence-corrected chi connectivity index (χ4v) is 3.59. The molecule has 0 fully saturated rings. The molecular formula is C22H23ClN2O3. The number of carbonyl (C=O) groups is 2. The van der Waals surface area contributed by atoms with Crippen LogP contribution in [-0.2, 0) is 4.79 Å². The Bertz CT molecular complexity index is 1060. The first-order valence-electron chi connectivity index (χ1n) is 8.99.